The third-order valence-electron chi connectivity index (χ3n) is 3.15. The number of aromatic amines is 1. The van der Waals surface area contributed by atoms with Gasteiger partial charge in [0.25, 0.3) is 0 Å². The number of benzene rings is 2. The summed E-state index contributed by atoms with van der Waals surface area (Å²) in [5.41, 5.74) is 2.90. The number of imidazole rings is 1. The molecule has 0 saturated heterocycles. The number of ether oxygens (including phenoxy) is 1. The van der Waals surface area contributed by atoms with Gasteiger partial charge in [0.2, 0.25) is 0 Å². The molecule has 1 aromatic heterocycles. The molecule has 3 aromatic rings. The third kappa shape index (κ3) is 3.12. The van der Waals surface area contributed by atoms with Crippen molar-refractivity contribution in [2.75, 3.05) is 7.11 Å². The van der Waals surface area contributed by atoms with E-state index in [0.717, 1.165) is 21.8 Å². The smallest absolute Gasteiger partial charge is 0.337 e. The third-order valence-corrected chi connectivity index (χ3v) is 4.09. The maximum Gasteiger partial charge on any atom is 0.337 e. The summed E-state index contributed by atoms with van der Waals surface area (Å²) < 4.78 is 17.8. The van der Waals surface area contributed by atoms with E-state index in [-0.39, 0.29) is 11.8 Å². The Hall–Kier alpha value is -2.34. The molecule has 1 heterocycles. The van der Waals surface area contributed by atoms with E-state index in [9.17, 15) is 9.18 Å². The van der Waals surface area contributed by atoms with Crippen LogP contribution in [0.3, 0.4) is 0 Å². The van der Waals surface area contributed by atoms with Gasteiger partial charge in [-0.1, -0.05) is 23.9 Å². The number of hydrogen-bond donors (Lipinski definition) is 1. The molecular formula is C16H13FN2O2S. The van der Waals surface area contributed by atoms with Crippen LogP contribution in [0, 0.1) is 5.82 Å². The number of methoxy groups -OCH3 is 1. The summed E-state index contributed by atoms with van der Waals surface area (Å²) in [4.78, 5) is 19.1. The minimum atomic E-state index is -0.384. The molecule has 0 aliphatic carbocycles. The molecule has 0 spiro atoms. The lowest BCUT2D eigenvalue weighted by Crippen LogP contribution is -2.00. The normalized spacial score (nSPS) is 10.8. The second kappa shape index (κ2) is 6.19. The zero-order chi connectivity index (χ0) is 15.5. The summed E-state index contributed by atoms with van der Waals surface area (Å²) in [6, 6.07) is 11.6. The number of nitrogens with one attached hydrogen (secondary N) is 1. The Morgan fingerprint density at radius 1 is 1.32 bits per heavy atom. The Kier molecular flexibility index (Phi) is 4.11. The molecule has 0 amide bonds. The van der Waals surface area contributed by atoms with Gasteiger partial charge in [0.15, 0.2) is 5.16 Å². The van der Waals surface area contributed by atoms with Gasteiger partial charge in [-0.25, -0.2) is 14.2 Å². The maximum absolute atomic E-state index is 13.1. The van der Waals surface area contributed by atoms with Crippen LogP contribution in [-0.2, 0) is 10.5 Å². The van der Waals surface area contributed by atoms with Crippen LogP contribution in [-0.4, -0.2) is 23.0 Å². The first-order valence-corrected chi connectivity index (χ1v) is 7.59. The molecule has 112 valence electrons. The van der Waals surface area contributed by atoms with Crippen molar-refractivity contribution in [3.05, 3.63) is 59.4 Å². The summed E-state index contributed by atoms with van der Waals surface area (Å²) in [7, 11) is 1.35. The number of aromatic nitrogens is 2. The van der Waals surface area contributed by atoms with Crippen molar-refractivity contribution in [2.24, 2.45) is 0 Å². The monoisotopic (exact) mass is 316 g/mol. The number of thioether (sulfide) groups is 1. The summed E-state index contributed by atoms with van der Waals surface area (Å²) in [6.07, 6.45) is 0. The van der Waals surface area contributed by atoms with Crippen molar-refractivity contribution in [3.8, 4) is 0 Å². The van der Waals surface area contributed by atoms with E-state index in [2.05, 4.69) is 9.97 Å². The average Bonchev–Trinajstić information content (AvgIpc) is 2.94. The minimum Gasteiger partial charge on any atom is -0.465 e. The molecule has 0 aliphatic rings. The van der Waals surface area contributed by atoms with E-state index in [1.807, 2.05) is 6.07 Å². The highest BCUT2D eigenvalue weighted by Gasteiger charge is 2.09. The van der Waals surface area contributed by atoms with Crippen molar-refractivity contribution in [2.45, 2.75) is 10.9 Å². The molecule has 0 aliphatic heterocycles. The first-order valence-electron chi connectivity index (χ1n) is 6.61. The van der Waals surface area contributed by atoms with Gasteiger partial charge in [-0.05, 0) is 35.9 Å². The highest BCUT2D eigenvalue weighted by Crippen LogP contribution is 2.24. The average molecular weight is 316 g/mol. The van der Waals surface area contributed by atoms with E-state index in [0.29, 0.717) is 11.3 Å². The number of esters is 1. The summed E-state index contributed by atoms with van der Waals surface area (Å²) in [5.74, 6) is -0.0163. The Labute approximate surface area is 130 Å². The fourth-order valence-electron chi connectivity index (χ4n) is 2.08. The van der Waals surface area contributed by atoms with E-state index < -0.39 is 0 Å². The van der Waals surface area contributed by atoms with Crippen molar-refractivity contribution in [1.29, 1.82) is 0 Å². The molecule has 0 saturated carbocycles. The predicted octanol–water partition coefficient (Wildman–Crippen LogP) is 3.78. The van der Waals surface area contributed by atoms with E-state index >= 15 is 0 Å². The van der Waals surface area contributed by atoms with Crippen LogP contribution in [0.25, 0.3) is 11.0 Å². The molecule has 2 aromatic carbocycles. The van der Waals surface area contributed by atoms with Crippen molar-refractivity contribution in [1.82, 2.24) is 9.97 Å². The molecule has 0 atom stereocenters. The first-order chi connectivity index (χ1) is 10.7. The van der Waals surface area contributed by atoms with Crippen LogP contribution in [0.15, 0.2) is 47.6 Å². The standard InChI is InChI=1S/C16H13FN2O2S/c1-21-15(20)11-5-6-13-14(8-11)19-16(18-13)22-9-10-3-2-4-12(17)7-10/h2-8H,9H2,1H3,(H,18,19). The van der Waals surface area contributed by atoms with Crippen molar-refractivity contribution in [3.63, 3.8) is 0 Å². The number of fused-ring (bicyclic) bond motifs is 1. The molecule has 0 radical (unpaired) electrons. The van der Waals surface area contributed by atoms with E-state index in [4.69, 9.17) is 4.74 Å². The molecule has 0 unspecified atom stereocenters. The van der Waals surface area contributed by atoms with Gasteiger partial charge >= 0.3 is 5.97 Å². The number of hydrogen-bond acceptors (Lipinski definition) is 4. The van der Waals surface area contributed by atoms with Gasteiger partial charge in [-0.2, -0.15) is 0 Å². The molecule has 0 fully saturated rings. The maximum atomic E-state index is 13.1. The first kappa shape index (κ1) is 14.6. The van der Waals surface area contributed by atoms with Gasteiger partial charge < -0.3 is 9.72 Å². The molecule has 22 heavy (non-hydrogen) atoms. The van der Waals surface area contributed by atoms with Gasteiger partial charge in [-0.15, -0.1) is 0 Å². The molecule has 4 nitrogen and oxygen atoms in total. The largest absolute Gasteiger partial charge is 0.465 e. The molecule has 6 heteroatoms. The molecular weight excluding hydrogens is 303 g/mol. The lowest BCUT2D eigenvalue weighted by molar-refractivity contribution is 0.0601. The number of carbonyl (C=O) groups is 1. The zero-order valence-electron chi connectivity index (χ0n) is 11.8. The van der Waals surface area contributed by atoms with Gasteiger partial charge in [0.1, 0.15) is 5.82 Å². The van der Waals surface area contributed by atoms with Crippen LogP contribution in [0.1, 0.15) is 15.9 Å². The topological polar surface area (TPSA) is 55.0 Å². The van der Waals surface area contributed by atoms with Crippen molar-refractivity contribution >= 4 is 28.8 Å². The summed E-state index contributed by atoms with van der Waals surface area (Å²) in [5, 5.41) is 0.723. The Morgan fingerprint density at radius 2 is 2.18 bits per heavy atom. The second-order valence-electron chi connectivity index (χ2n) is 4.68. The van der Waals surface area contributed by atoms with Crippen LogP contribution in [0.4, 0.5) is 4.39 Å². The number of H-pyrrole nitrogens is 1. The molecule has 0 bridgehead atoms. The zero-order valence-corrected chi connectivity index (χ0v) is 12.6. The van der Waals surface area contributed by atoms with E-state index in [1.165, 1.54) is 31.0 Å². The fourth-order valence-corrected chi connectivity index (χ4v) is 2.91. The lowest BCUT2D eigenvalue weighted by atomic mass is 10.2. The van der Waals surface area contributed by atoms with Crippen LogP contribution in [0.2, 0.25) is 0 Å². The fraction of sp³-hybridized carbons (Fsp3) is 0.125. The van der Waals surface area contributed by atoms with Gasteiger partial charge in [0.05, 0.1) is 23.7 Å². The number of nitrogens with zero attached hydrogens (tertiary/aromatic N) is 1. The van der Waals surface area contributed by atoms with Crippen LogP contribution in [0.5, 0.6) is 0 Å². The Morgan fingerprint density at radius 3 is 2.95 bits per heavy atom. The Balaban J connectivity index is 1.78. The van der Waals surface area contributed by atoms with Crippen LogP contribution >= 0.6 is 11.8 Å². The highest BCUT2D eigenvalue weighted by molar-refractivity contribution is 7.98. The van der Waals surface area contributed by atoms with E-state index in [1.54, 1.807) is 24.3 Å². The molecule has 1 N–H and O–H groups in total. The number of halogens is 1. The Bertz CT molecular complexity index is 832. The number of rotatable bonds is 4. The second-order valence-corrected chi connectivity index (χ2v) is 5.65. The lowest BCUT2D eigenvalue weighted by Gasteiger charge is -1.98. The quantitative estimate of drug-likeness (QED) is 0.588. The molecule has 3 rings (SSSR count). The van der Waals surface area contributed by atoms with Crippen LogP contribution < -0.4 is 0 Å². The minimum absolute atomic E-state index is 0.245. The highest BCUT2D eigenvalue weighted by atomic mass is 32.2. The van der Waals surface area contributed by atoms with Gasteiger partial charge in [0, 0.05) is 5.75 Å². The van der Waals surface area contributed by atoms with Gasteiger partial charge in [-0.3, -0.25) is 0 Å². The summed E-state index contributed by atoms with van der Waals surface area (Å²) in [6.45, 7) is 0. The number of carbonyl (C=O) groups excluding carboxylic acids is 1. The summed E-state index contributed by atoms with van der Waals surface area (Å²) >= 11 is 1.48. The SMILES string of the molecule is COC(=O)c1ccc2nc(SCc3cccc(F)c3)[nH]c2c1. The predicted molar refractivity (Wildman–Crippen MR) is 83.4 cm³/mol. The van der Waals surface area contributed by atoms with Crippen molar-refractivity contribution < 1.29 is 13.9 Å².